The summed E-state index contributed by atoms with van der Waals surface area (Å²) in [6.07, 6.45) is 3.80. The Morgan fingerprint density at radius 1 is 1.26 bits per heavy atom. The highest BCUT2D eigenvalue weighted by atomic mass is 16.2. The highest BCUT2D eigenvalue weighted by Crippen LogP contribution is 2.10. The number of nitrogens with zero attached hydrogens (tertiary/aromatic N) is 4. The summed E-state index contributed by atoms with van der Waals surface area (Å²) in [5, 5.41) is 8.06. The summed E-state index contributed by atoms with van der Waals surface area (Å²) in [7, 11) is 0. The van der Waals surface area contributed by atoms with Gasteiger partial charge in [-0.05, 0) is 31.9 Å². The van der Waals surface area contributed by atoms with E-state index in [9.17, 15) is 4.79 Å². The molecule has 0 fully saturated rings. The SMILES string of the molecule is CCCN(CCC)C(=O)c1ccn2c(C)nnc2c1. The van der Waals surface area contributed by atoms with Crippen LogP contribution in [0.25, 0.3) is 5.65 Å². The molecular formula is C14H20N4O. The van der Waals surface area contributed by atoms with Gasteiger partial charge in [0, 0.05) is 24.8 Å². The number of fused-ring (bicyclic) bond motifs is 1. The molecule has 0 aliphatic rings. The lowest BCUT2D eigenvalue weighted by atomic mass is 10.2. The van der Waals surface area contributed by atoms with Crippen LogP contribution in [0.15, 0.2) is 18.3 Å². The maximum Gasteiger partial charge on any atom is 0.254 e. The van der Waals surface area contributed by atoms with Crippen molar-refractivity contribution in [1.29, 1.82) is 0 Å². The van der Waals surface area contributed by atoms with Gasteiger partial charge in [-0.3, -0.25) is 9.20 Å². The number of hydrogen-bond acceptors (Lipinski definition) is 3. The second-order valence-corrected chi connectivity index (χ2v) is 4.68. The zero-order chi connectivity index (χ0) is 13.8. The third-order valence-electron chi connectivity index (χ3n) is 3.10. The van der Waals surface area contributed by atoms with Crippen molar-refractivity contribution in [3.05, 3.63) is 29.7 Å². The van der Waals surface area contributed by atoms with Crippen LogP contribution in [0.4, 0.5) is 0 Å². The fraction of sp³-hybridized carbons (Fsp3) is 0.500. The summed E-state index contributed by atoms with van der Waals surface area (Å²) < 4.78 is 1.88. The molecule has 19 heavy (non-hydrogen) atoms. The maximum absolute atomic E-state index is 12.4. The minimum Gasteiger partial charge on any atom is -0.339 e. The molecule has 102 valence electrons. The Hall–Kier alpha value is -1.91. The Bertz CT molecular complexity index is 570. The van der Waals surface area contributed by atoms with Crippen molar-refractivity contribution < 1.29 is 4.79 Å². The van der Waals surface area contributed by atoms with Gasteiger partial charge in [0.1, 0.15) is 5.82 Å². The molecule has 0 saturated heterocycles. The maximum atomic E-state index is 12.4. The minimum absolute atomic E-state index is 0.0758. The van der Waals surface area contributed by atoms with E-state index in [0.29, 0.717) is 5.56 Å². The van der Waals surface area contributed by atoms with Gasteiger partial charge in [-0.1, -0.05) is 13.8 Å². The van der Waals surface area contributed by atoms with Crippen LogP contribution in [0, 0.1) is 6.92 Å². The number of carbonyl (C=O) groups excluding carboxylic acids is 1. The number of aryl methyl sites for hydroxylation is 1. The molecule has 0 aliphatic carbocycles. The molecule has 0 bridgehead atoms. The first kappa shape index (κ1) is 13.5. The van der Waals surface area contributed by atoms with E-state index in [-0.39, 0.29) is 5.91 Å². The molecular weight excluding hydrogens is 240 g/mol. The summed E-state index contributed by atoms with van der Waals surface area (Å²) in [6.45, 7) is 7.65. The van der Waals surface area contributed by atoms with Gasteiger partial charge in [0.2, 0.25) is 0 Å². The van der Waals surface area contributed by atoms with Crippen molar-refractivity contribution in [3.63, 3.8) is 0 Å². The van der Waals surface area contributed by atoms with Crippen LogP contribution in [0.1, 0.15) is 42.9 Å². The molecule has 5 heteroatoms. The fourth-order valence-corrected chi connectivity index (χ4v) is 2.18. The molecule has 0 saturated carbocycles. The topological polar surface area (TPSA) is 50.5 Å². The van der Waals surface area contributed by atoms with Gasteiger partial charge in [-0.25, -0.2) is 0 Å². The second kappa shape index (κ2) is 5.82. The molecule has 0 aromatic carbocycles. The number of carbonyl (C=O) groups is 1. The van der Waals surface area contributed by atoms with E-state index in [1.807, 2.05) is 28.5 Å². The van der Waals surface area contributed by atoms with Gasteiger partial charge in [0.25, 0.3) is 5.91 Å². The highest BCUT2D eigenvalue weighted by molar-refractivity contribution is 5.95. The lowest BCUT2D eigenvalue weighted by Gasteiger charge is -2.21. The van der Waals surface area contributed by atoms with Crippen molar-refractivity contribution in [2.75, 3.05) is 13.1 Å². The van der Waals surface area contributed by atoms with Crippen LogP contribution >= 0.6 is 0 Å². The quantitative estimate of drug-likeness (QED) is 0.829. The molecule has 1 amide bonds. The van der Waals surface area contributed by atoms with Crippen molar-refractivity contribution in [2.24, 2.45) is 0 Å². The lowest BCUT2D eigenvalue weighted by Crippen LogP contribution is -2.32. The van der Waals surface area contributed by atoms with Crippen molar-refractivity contribution in [3.8, 4) is 0 Å². The predicted molar refractivity (Wildman–Crippen MR) is 74.2 cm³/mol. The normalized spacial score (nSPS) is 10.9. The Balaban J connectivity index is 2.29. The molecule has 2 aromatic heterocycles. The van der Waals surface area contributed by atoms with Gasteiger partial charge in [-0.15, -0.1) is 10.2 Å². The van der Waals surface area contributed by atoms with Crippen molar-refractivity contribution >= 4 is 11.6 Å². The Kier molecular flexibility index (Phi) is 4.14. The second-order valence-electron chi connectivity index (χ2n) is 4.68. The molecule has 0 unspecified atom stereocenters. The van der Waals surface area contributed by atoms with Crippen LogP contribution in [0.5, 0.6) is 0 Å². The van der Waals surface area contributed by atoms with Crippen LogP contribution < -0.4 is 0 Å². The Labute approximate surface area is 113 Å². The van der Waals surface area contributed by atoms with E-state index in [0.717, 1.165) is 37.4 Å². The van der Waals surface area contributed by atoms with Crippen molar-refractivity contribution in [2.45, 2.75) is 33.6 Å². The number of rotatable bonds is 5. The van der Waals surface area contributed by atoms with Gasteiger partial charge < -0.3 is 4.90 Å². The summed E-state index contributed by atoms with van der Waals surface area (Å²) in [5.41, 5.74) is 1.40. The summed E-state index contributed by atoms with van der Waals surface area (Å²) in [5.74, 6) is 0.903. The molecule has 0 spiro atoms. The van der Waals surface area contributed by atoms with E-state index < -0.39 is 0 Å². The molecule has 0 N–H and O–H groups in total. The average molecular weight is 260 g/mol. The van der Waals surface area contributed by atoms with Crippen LogP contribution in [0.3, 0.4) is 0 Å². The number of hydrogen-bond donors (Lipinski definition) is 0. The largest absolute Gasteiger partial charge is 0.339 e. The first-order chi connectivity index (χ1) is 9.17. The average Bonchev–Trinajstić information content (AvgIpc) is 2.79. The smallest absolute Gasteiger partial charge is 0.254 e. The molecule has 2 rings (SSSR count). The summed E-state index contributed by atoms with van der Waals surface area (Å²) >= 11 is 0. The summed E-state index contributed by atoms with van der Waals surface area (Å²) in [4.78, 5) is 14.3. The lowest BCUT2D eigenvalue weighted by molar-refractivity contribution is 0.0755. The number of amides is 1. The first-order valence-electron chi connectivity index (χ1n) is 6.78. The van der Waals surface area contributed by atoms with E-state index in [4.69, 9.17) is 0 Å². The van der Waals surface area contributed by atoms with Crippen LogP contribution in [-0.4, -0.2) is 38.5 Å². The molecule has 2 heterocycles. The number of aromatic nitrogens is 3. The highest BCUT2D eigenvalue weighted by Gasteiger charge is 2.15. The monoisotopic (exact) mass is 260 g/mol. The molecule has 5 nitrogen and oxygen atoms in total. The number of pyridine rings is 1. The molecule has 0 aliphatic heterocycles. The Morgan fingerprint density at radius 3 is 2.58 bits per heavy atom. The molecule has 0 atom stereocenters. The van der Waals surface area contributed by atoms with Crippen molar-refractivity contribution in [1.82, 2.24) is 19.5 Å². The first-order valence-corrected chi connectivity index (χ1v) is 6.78. The standard InChI is InChI=1S/C14H20N4O/c1-4-7-17(8-5-2)14(19)12-6-9-18-11(3)15-16-13(18)10-12/h6,9-10H,4-5,7-8H2,1-3H3. The molecule has 0 radical (unpaired) electrons. The zero-order valence-corrected chi connectivity index (χ0v) is 11.8. The van der Waals surface area contributed by atoms with E-state index in [1.54, 1.807) is 6.07 Å². The minimum atomic E-state index is 0.0758. The van der Waals surface area contributed by atoms with E-state index in [1.165, 1.54) is 0 Å². The van der Waals surface area contributed by atoms with Gasteiger partial charge in [0.15, 0.2) is 5.65 Å². The van der Waals surface area contributed by atoms with E-state index in [2.05, 4.69) is 24.0 Å². The third kappa shape index (κ3) is 2.75. The predicted octanol–water partition coefficient (Wildman–Crippen LogP) is 2.30. The van der Waals surface area contributed by atoms with Crippen LogP contribution in [0.2, 0.25) is 0 Å². The van der Waals surface area contributed by atoms with Gasteiger partial charge in [0.05, 0.1) is 0 Å². The van der Waals surface area contributed by atoms with Gasteiger partial charge in [-0.2, -0.15) is 0 Å². The fourth-order valence-electron chi connectivity index (χ4n) is 2.18. The van der Waals surface area contributed by atoms with E-state index >= 15 is 0 Å². The Morgan fingerprint density at radius 2 is 1.95 bits per heavy atom. The van der Waals surface area contributed by atoms with Crippen LogP contribution in [-0.2, 0) is 0 Å². The van der Waals surface area contributed by atoms with Gasteiger partial charge >= 0.3 is 0 Å². The zero-order valence-electron chi connectivity index (χ0n) is 11.8. The third-order valence-corrected chi connectivity index (χ3v) is 3.10. The summed E-state index contributed by atoms with van der Waals surface area (Å²) in [6, 6.07) is 3.64. The molecule has 2 aromatic rings.